The number of carbonyl (C=O) groups excluding carboxylic acids is 1. The summed E-state index contributed by atoms with van der Waals surface area (Å²) < 4.78 is 25.9. The Balaban J connectivity index is 2.14. The zero-order valence-corrected chi connectivity index (χ0v) is 16.7. The smallest absolute Gasteiger partial charge is 0.410 e. The third-order valence-corrected chi connectivity index (χ3v) is 4.36. The van der Waals surface area contributed by atoms with E-state index in [1.807, 2.05) is 40.7 Å². The second kappa shape index (κ2) is 8.14. The van der Waals surface area contributed by atoms with Crippen molar-refractivity contribution >= 4 is 11.8 Å². The Bertz CT molecular complexity index is 633. The van der Waals surface area contributed by atoms with Gasteiger partial charge in [0, 0.05) is 24.7 Å². The van der Waals surface area contributed by atoms with Gasteiger partial charge in [-0.2, -0.15) is 0 Å². The molecule has 0 radical (unpaired) electrons. The van der Waals surface area contributed by atoms with E-state index in [9.17, 15) is 4.79 Å². The number of carbonyl (C=O) groups is 1. The third kappa shape index (κ3) is 5.02. The molecule has 146 valence electrons. The molecule has 5 nitrogen and oxygen atoms in total. The molecule has 1 saturated heterocycles. The predicted octanol–water partition coefficient (Wildman–Crippen LogP) is 4.77. The van der Waals surface area contributed by atoms with Gasteiger partial charge in [-0.3, -0.25) is 0 Å². The van der Waals surface area contributed by atoms with Gasteiger partial charge >= 0.3 is 6.09 Å². The van der Waals surface area contributed by atoms with Crippen LogP contribution in [0.3, 0.4) is 0 Å². The molecular formula is C20H31FN2O3. The van der Waals surface area contributed by atoms with Crippen LogP contribution >= 0.6 is 0 Å². The lowest BCUT2D eigenvalue weighted by Gasteiger charge is -2.34. The highest BCUT2D eigenvalue weighted by molar-refractivity contribution is 5.68. The molecule has 6 heteroatoms. The fraction of sp³-hybridized carbons (Fsp3) is 0.650. The van der Waals surface area contributed by atoms with Crippen molar-refractivity contribution in [2.75, 3.05) is 25.5 Å². The molecule has 1 amide bonds. The van der Waals surface area contributed by atoms with E-state index >= 15 is 4.39 Å². The van der Waals surface area contributed by atoms with Gasteiger partial charge in [-0.15, -0.1) is 0 Å². The van der Waals surface area contributed by atoms with Crippen LogP contribution in [0.25, 0.3) is 0 Å². The number of hydrogen-bond acceptors (Lipinski definition) is 4. The molecule has 1 aliphatic heterocycles. The highest BCUT2D eigenvalue weighted by atomic mass is 19.1. The number of methoxy groups -OCH3 is 1. The SMILES string of the molecule is COc1ccc(NC(C)C)c(F)c1C1CCN(C(=O)OC(C)(C)C)CC1. The summed E-state index contributed by atoms with van der Waals surface area (Å²) in [5, 5.41) is 3.14. The van der Waals surface area contributed by atoms with Crippen LogP contribution in [-0.4, -0.2) is 42.8 Å². The zero-order valence-electron chi connectivity index (χ0n) is 16.7. The Morgan fingerprint density at radius 1 is 1.27 bits per heavy atom. The van der Waals surface area contributed by atoms with E-state index in [4.69, 9.17) is 9.47 Å². The summed E-state index contributed by atoms with van der Waals surface area (Å²) in [6.07, 6.45) is 1.05. The van der Waals surface area contributed by atoms with Gasteiger partial charge in [0.05, 0.1) is 12.8 Å². The number of piperidine rings is 1. The molecular weight excluding hydrogens is 335 g/mol. The number of anilines is 1. The maximum Gasteiger partial charge on any atom is 0.410 e. The first-order valence-electron chi connectivity index (χ1n) is 9.23. The van der Waals surface area contributed by atoms with Crippen LogP contribution in [0.4, 0.5) is 14.9 Å². The van der Waals surface area contributed by atoms with Gasteiger partial charge in [0.2, 0.25) is 0 Å². The molecule has 0 saturated carbocycles. The molecule has 0 atom stereocenters. The standard InChI is InChI=1S/C20H31FN2O3/c1-13(2)22-15-7-8-16(25-6)17(18(15)21)14-9-11-23(12-10-14)19(24)26-20(3,4)5/h7-8,13-14,22H,9-12H2,1-6H3. The molecule has 0 aromatic heterocycles. The van der Waals surface area contributed by atoms with Crippen molar-refractivity contribution in [1.29, 1.82) is 0 Å². The molecule has 0 bridgehead atoms. The maximum atomic E-state index is 15.1. The molecule has 1 aromatic rings. The second-order valence-corrected chi connectivity index (χ2v) is 8.08. The summed E-state index contributed by atoms with van der Waals surface area (Å²) in [5.74, 6) is 0.318. The Kier molecular flexibility index (Phi) is 6.37. The number of hydrogen-bond donors (Lipinski definition) is 1. The minimum absolute atomic E-state index is 0.0116. The highest BCUT2D eigenvalue weighted by Gasteiger charge is 2.31. The number of nitrogens with one attached hydrogen (secondary N) is 1. The number of rotatable bonds is 4. The van der Waals surface area contributed by atoms with Gasteiger partial charge in [0.1, 0.15) is 11.4 Å². The number of benzene rings is 1. The van der Waals surface area contributed by atoms with E-state index in [0.717, 1.165) is 0 Å². The van der Waals surface area contributed by atoms with E-state index in [1.54, 1.807) is 18.1 Å². The van der Waals surface area contributed by atoms with E-state index in [2.05, 4.69) is 5.32 Å². The van der Waals surface area contributed by atoms with Crippen LogP contribution in [0.1, 0.15) is 58.9 Å². The molecule has 1 N–H and O–H groups in total. The molecule has 0 spiro atoms. The van der Waals surface area contributed by atoms with Crippen LogP contribution < -0.4 is 10.1 Å². The van der Waals surface area contributed by atoms with Crippen molar-refractivity contribution in [3.63, 3.8) is 0 Å². The van der Waals surface area contributed by atoms with E-state index in [-0.39, 0.29) is 23.9 Å². The first-order chi connectivity index (χ1) is 12.1. The molecule has 1 heterocycles. The summed E-state index contributed by atoms with van der Waals surface area (Å²) in [6, 6.07) is 3.66. The van der Waals surface area contributed by atoms with E-state index in [0.29, 0.717) is 42.9 Å². The average Bonchev–Trinajstić information content (AvgIpc) is 2.54. The van der Waals surface area contributed by atoms with Crippen molar-refractivity contribution in [3.8, 4) is 5.75 Å². The quantitative estimate of drug-likeness (QED) is 0.834. The Hall–Kier alpha value is -1.98. The Labute approximate surface area is 155 Å². The number of amides is 1. The topological polar surface area (TPSA) is 50.8 Å². The maximum absolute atomic E-state index is 15.1. The lowest BCUT2D eigenvalue weighted by molar-refractivity contribution is 0.0204. The minimum Gasteiger partial charge on any atom is -0.496 e. The normalized spacial score (nSPS) is 15.9. The summed E-state index contributed by atoms with van der Waals surface area (Å²) in [7, 11) is 1.56. The van der Waals surface area contributed by atoms with Crippen LogP contribution in [0.2, 0.25) is 0 Å². The lowest BCUT2D eigenvalue weighted by atomic mass is 9.88. The van der Waals surface area contributed by atoms with Gasteiger partial charge in [-0.25, -0.2) is 9.18 Å². The van der Waals surface area contributed by atoms with Gasteiger partial charge in [0.25, 0.3) is 0 Å². The second-order valence-electron chi connectivity index (χ2n) is 8.08. The average molecular weight is 366 g/mol. The Morgan fingerprint density at radius 3 is 2.38 bits per heavy atom. The predicted molar refractivity (Wildman–Crippen MR) is 101 cm³/mol. The number of likely N-dealkylation sites (tertiary alicyclic amines) is 1. The third-order valence-electron chi connectivity index (χ3n) is 4.36. The monoisotopic (exact) mass is 366 g/mol. The molecule has 1 aromatic carbocycles. The lowest BCUT2D eigenvalue weighted by Crippen LogP contribution is -2.41. The van der Waals surface area contributed by atoms with Crippen LogP contribution in [0.5, 0.6) is 5.75 Å². The fourth-order valence-corrected chi connectivity index (χ4v) is 3.23. The Morgan fingerprint density at radius 2 is 1.88 bits per heavy atom. The summed E-state index contributed by atoms with van der Waals surface area (Å²) >= 11 is 0. The number of halogens is 1. The van der Waals surface area contributed by atoms with E-state index < -0.39 is 5.60 Å². The van der Waals surface area contributed by atoms with Crippen LogP contribution in [-0.2, 0) is 4.74 Å². The van der Waals surface area contributed by atoms with Gasteiger partial charge in [-0.1, -0.05) is 0 Å². The largest absolute Gasteiger partial charge is 0.496 e. The molecule has 0 unspecified atom stereocenters. The highest BCUT2D eigenvalue weighted by Crippen LogP contribution is 2.39. The van der Waals surface area contributed by atoms with Crippen LogP contribution in [0, 0.1) is 5.82 Å². The van der Waals surface area contributed by atoms with Crippen molar-refractivity contribution in [1.82, 2.24) is 4.90 Å². The summed E-state index contributed by atoms with van der Waals surface area (Å²) in [5.41, 5.74) is 0.576. The molecule has 26 heavy (non-hydrogen) atoms. The van der Waals surface area contributed by atoms with Crippen LogP contribution in [0.15, 0.2) is 12.1 Å². The van der Waals surface area contributed by atoms with Gasteiger partial charge in [0.15, 0.2) is 5.82 Å². The van der Waals surface area contributed by atoms with Crippen molar-refractivity contribution in [2.24, 2.45) is 0 Å². The molecule has 1 aliphatic rings. The molecule has 2 rings (SSSR count). The van der Waals surface area contributed by atoms with Gasteiger partial charge in [-0.05, 0) is 65.5 Å². The minimum atomic E-state index is -0.514. The van der Waals surface area contributed by atoms with Crippen molar-refractivity contribution < 1.29 is 18.7 Å². The first-order valence-corrected chi connectivity index (χ1v) is 9.23. The van der Waals surface area contributed by atoms with Crippen molar-refractivity contribution in [3.05, 3.63) is 23.5 Å². The first kappa shape index (κ1) is 20.3. The van der Waals surface area contributed by atoms with Gasteiger partial charge < -0.3 is 19.7 Å². The van der Waals surface area contributed by atoms with E-state index in [1.165, 1.54) is 0 Å². The molecule has 1 fully saturated rings. The number of ether oxygens (including phenoxy) is 2. The summed E-state index contributed by atoms with van der Waals surface area (Å²) in [6.45, 7) is 10.6. The van der Waals surface area contributed by atoms with Crippen molar-refractivity contribution in [2.45, 2.75) is 65.0 Å². The fourth-order valence-electron chi connectivity index (χ4n) is 3.23. The summed E-state index contributed by atoms with van der Waals surface area (Å²) in [4.78, 5) is 13.9. The number of nitrogens with zero attached hydrogens (tertiary/aromatic N) is 1. The zero-order chi connectivity index (χ0) is 19.5. The molecule has 0 aliphatic carbocycles.